The summed E-state index contributed by atoms with van der Waals surface area (Å²) >= 11 is 0. The van der Waals surface area contributed by atoms with E-state index in [0.29, 0.717) is 5.69 Å². The van der Waals surface area contributed by atoms with E-state index in [4.69, 9.17) is 0 Å². The van der Waals surface area contributed by atoms with E-state index in [1.807, 2.05) is 0 Å². The third kappa shape index (κ3) is 2.67. The van der Waals surface area contributed by atoms with Gasteiger partial charge in [-0.25, -0.2) is 18.1 Å². The second kappa shape index (κ2) is 6.32. The van der Waals surface area contributed by atoms with E-state index < -0.39 is 11.6 Å². The van der Waals surface area contributed by atoms with Gasteiger partial charge in [-0.3, -0.25) is 9.78 Å². The fourth-order valence-corrected chi connectivity index (χ4v) is 2.56. The van der Waals surface area contributed by atoms with Gasteiger partial charge < -0.3 is 0 Å². The molecular weight excluding hydrogens is 340 g/mol. The largest absolute Gasteiger partial charge is 0.287 e. The van der Waals surface area contributed by atoms with Gasteiger partial charge in [0.25, 0.3) is 0 Å². The van der Waals surface area contributed by atoms with Gasteiger partial charge in [0.15, 0.2) is 17.3 Å². The topological polar surface area (TPSA) is 65.6 Å². The maximum absolute atomic E-state index is 14.2. The maximum atomic E-state index is 14.2. The molecule has 0 bridgehead atoms. The lowest BCUT2D eigenvalue weighted by Gasteiger charge is -2.10. The van der Waals surface area contributed by atoms with Gasteiger partial charge in [0.2, 0.25) is 5.43 Å². The third-order valence-corrected chi connectivity index (χ3v) is 3.78. The summed E-state index contributed by atoms with van der Waals surface area (Å²) in [6, 6.07) is 10.1. The molecule has 0 saturated carbocycles. The molecule has 4 aromatic rings. The molecule has 0 aliphatic carbocycles. The highest BCUT2D eigenvalue weighted by Crippen LogP contribution is 2.22. The molecule has 0 aliphatic rings. The fraction of sp³-hybridized carbons (Fsp3) is 0. The zero-order chi connectivity index (χ0) is 18.1. The monoisotopic (exact) mass is 351 g/mol. The third-order valence-electron chi connectivity index (χ3n) is 3.78. The number of rotatable bonds is 3. The Morgan fingerprint density at radius 2 is 1.73 bits per heavy atom. The predicted molar refractivity (Wildman–Crippen MR) is 90.1 cm³/mol. The van der Waals surface area contributed by atoms with Crippen molar-refractivity contribution in [1.82, 2.24) is 24.5 Å². The molecule has 26 heavy (non-hydrogen) atoms. The smallest absolute Gasteiger partial charge is 0.209 e. The summed E-state index contributed by atoms with van der Waals surface area (Å²) < 4.78 is 30.4. The second-order valence-corrected chi connectivity index (χ2v) is 5.38. The van der Waals surface area contributed by atoms with Crippen molar-refractivity contribution in [3.63, 3.8) is 0 Å². The molecule has 0 aliphatic heterocycles. The van der Waals surface area contributed by atoms with Crippen LogP contribution in [0.15, 0.2) is 72.0 Å². The van der Waals surface area contributed by atoms with Crippen LogP contribution < -0.4 is 5.43 Å². The van der Waals surface area contributed by atoms with Crippen LogP contribution in [0.1, 0.15) is 0 Å². The Morgan fingerprint density at radius 1 is 0.923 bits per heavy atom. The van der Waals surface area contributed by atoms with E-state index in [1.165, 1.54) is 41.3 Å². The number of pyridine rings is 1. The first-order valence-electron chi connectivity index (χ1n) is 7.64. The molecule has 3 aromatic heterocycles. The summed E-state index contributed by atoms with van der Waals surface area (Å²) in [5.41, 5.74) is 0.539. The minimum Gasteiger partial charge on any atom is -0.287 e. The van der Waals surface area contributed by atoms with E-state index in [2.05, 4.69) is 15.2 Å². The van der Waals surface area contributed by atoms with Gasteiger partial charge in [-0.15, -0.1) is 0 Å². The zero-order valence-corrected chi connectivity index (χ0v) is 13.3. The molecule has 0 amide bonds. The first-order chi connectivity index (χ1) is 12.6. The van der Waals surface area contributed by atoms with Crippen LogP contribution in [0.2, 0.25) is 0 Å². The van der Waals surface area contributed by atoms with Gasteiger partial charge in [0, 0.05) is 24.7 Å². The highest BCUT2D eigenvalue weighted by molar-refractivity contribution is 5.57. The standard InChI is InChI=1S/C18H11F2N5O/c19-13-2-1-3-14(17(13)20)25-15(6-10-22-25)18-16(26)7-11-24(23-18)12-4-8-21-9-5-12/h1-11H. The Balaban J connectivity index is 1.89. The summed E-state index contributed by atoms with van der Waals surface area (Å²) in [7, 11) is 0. The Kier molecular flexibility index (Phi) is 3.85. The average Bonchev–Trinajstić information content (AvgIpc) is 3.14. The first-order valence-corrected chi connectivity index (χ1v) is 7.64. The van der Waals surface area contributed by atoms with Crippen molar-refractivity contribution >= 4 is 0 Å². The van der Waals surface area contributed by atoms with E-state index >= 15 is 0 Å². The molecule has 1 aromatic carbocycles. The van der Waals surface area contributed by atoms with Crippen molar-refractivity contribution in [2.24, 2.45) is 0 Å². The fourth-order valence-electron chi connectivity index (χ4n) is 2.56. The molecule has 4 rings (SSSR count). The van der Waals surface area contributed by atoms with Crippen molar-refractivity contribution in [3.05, 3.63) is 89.1 Å². The number of benzene rings is 1. The summed E-state index contributed by atoms with van der Waals surface area (Å²) in [5.74, 6) is -2.05. The van der Waals surface area contributed by atoms with Gasteiger partial charge in [0.05, 0.1) is 17.6 Å². The van der Waals surface area contributed by atoms with Gasteiger partial charge in [-0.05, 0) is 30.3 Å². The molecule has 0 radical (unpaired) electrons. The molecular formula is C18H11F2N5O. The summed E-state index contributed by atoms with van der Waals surface area (Å²) in [6.07, 6.45) is 6.11. The lowest BCUT2D eigenvalue weighted by atomic mass is 10.2. The normalized spacial score (nSPS) is 10.8. The Labute approximate surface area is 146 Å². The van der Waals surface area contributed by atoms with Crippen LogP contribution >= 0.6 is 0 Å². The Bertz CT molecular complexity index is 1140. The summed E-state index contributed by atoms with van der Waals surface area (Å²) in [5, 5.41) is 8.34. The van der Waals surface area contributed by atoms with Crippen LogP contribution in [0.5, 0.6) is 0 Å². The van der Waals surface area contributed by atoms with Gasteiger partial charge in [-0.1, -0.05) is 6.07 Å². The number of halogens is 2. The van der Waals surface area contributed by atoms with Gasteiger partial charge >= 0.3 is 0 Å². The van der Waals surface area contributed by atoms with Crippen LogP contribution in [-0.2, 0) is 0 Å². The average molecular weight is 351 g/mol. The number of hydrogen-bond donors (Lipinski definition) is 0. The highest BCUT2D eigenvalue weighted by Gasteiger charge is 2.17. The molecule has 0 N–H and O–H groups in total. The molecule has 3 heterocycles. The Hall–Kier alpha value is -3.68. The number of aromatic nitrogens is 5. The predicted octanol–water partition coefficient (Wildman–Crippen LogP) is 2.76. The van der Waals surface area contributed by atoms with E-state index in [9.17, 15) is 13.6 Å². The van der Waals surface area contributed by atoms with Crippen LogP contribution in [-0.4, -0.2) is 24.5 Å². The van der Waals surface area contributed by atoms with Crippen LogP contribution in [0.25, 0.3) is 22.8 Å². The van der Waals surface area contributed by atoms with Crippen molar-refractivity contribution in [3.8, 4) is 22.8 Å². The van der Waals surface area contributed by atoms with E-state index in [0.717, 1.165) is 10.7 Å². The SMILES string of the molecule is O=c1ccn(-c2ccncc2)nc1-c1ccnn1-c1cccc(F)c1F. The molecule has 128 valence electrons. The van der Waals surface area contributed by atoms with Gasteiger partial charge in [-0.2, -0.15) is 10.2 Å². The van der Waals surface area contributed by atoms with Gasteiger partial charge in [0.1, 0.15) is 5.69 Å². The molecule has 6 nitrogen and oxygen atoms in total. The highest BCUT2D eigenvalue weighted by atomic mass is 19.2. The quantitative estimate of drug-likeness (QED) is 0.569. The minimum atomic E-state index is -1.05. The van der Waals surface area contributed by atoms with Crippen LogP contribution in [0.3, 0.4) is 0 Å². The van der Waals surface area contributed by atoms with Crippen molar-refractivity contribution in [2.45, 2.75) is 0 Å². The molecule has 0 saturated heterocycles. The summed E-state index contributed by atoms with van der Waals surface area (Å²) in [4.78, 5) is 16.3. The molecule has 0 fully saturated rings. The zero-order valence-electron chi connectivity index (χ0n) is 13.3. The maximum Gasteiger partial charge on any atom is 0.209 e. The van der Waals surface area contributed by atoms with E-state index in [-0.39, 0.29) is 22.5 Å². The minimum absolute atomic E-state index is 0.0606. The lowest BCUT2D eigenvalue weighted by Crippen LogP contribution is -2.15. The van der Waals surface area contributed by atoms with Crippen molar-refractivity contribution in [2.75, 3.05) is 0 Å². The first kappa shape index (κ1) is 15.8. The van der Waals surface area contributed by atoms with E-state index in [1.54, 1.807) is 24.5 Å². The lowest BCUT2D eigenvalue weighted by molar-refractivity contribution is 0.501. The summed E-state index contributed by atoms with van der Waals surface area (Å²) in [6.45, 7) is 0. The second-order valence-electron chi connectivity index (χ2n) is 5.38. The van der Waals surface area contributed by atoms with Crippen molar-refractivity contribution < 1.29 is 8.78 Å². The molecule has 0 unspecified atom stereocenters. The number of nitrogens with zero attached hydrogens (tertiary/aromatic N) is 5. The molecule has 0 atom stereocenters. The molecule has 0 spiro atoms. The Morgan fingerprint density at radius 3 is 2.54 bits per heavy atom. The van der Waals surface area contributed by atoms with Crippen LogP contribution in [0, 0.1) is 11.6 Å². The molecule has 8 heteroatoms. The number of hydrogen-bond acceptors (Lipinski definition) is 4. The van der Waals surface area contributed by atoms with Crippen LogP contribution in [0.4, 0.5) is 8.78 Å². The van der Waals surface area contributed by atoms with Crippen molar-refractivity contribution in [1.29, 1.82) is 0 Å².